The van der Waals surface area contributed by atoms with Gasteiger partial charge >= 0.3 is 0 Å². The van der Waals surface area contributed by atoms with Crippen LogP contribution in [-0.4, -0.2) is 4.73 Å². The smallest absolute Gasteiger partial charge is 0.197 e. The van der Waals surface area contributed by atoms with Crippen LogP contribution >= 0.6 is 42.6 Å². The molecule has 6 heteroatoms. The van der Waals surface area contributed by atoms with Crippen molar-refractivity contribution in [2.24, 2.45) is 0 Å². The molecule has 1 N–H and O–H groups in total. The van der Waals surface area contributed by atoms with E-state index in [-0.39, 0.29) is 4.73 Å². The van der Waals surface area contributed by atoms with Gasteiger partial charge in [-0.15, -0.1) is 0 Å². The number of rotatable bonds is 4. The van der Waals surface area contributed by atoms with Crippen LogP contribution in [0.3, 0.4) is 0 Å². The number of anilines is 1. The van der Waals surface area contributed by atoms with Crippen LogP contribution in [0.1, 0.15) is 0 Å². The van der Waals surface area contributed by atoms with Gasteiger partial charge in [0.05, 0.1) is 15.7 Å². The second-order valence-corrected chi connectivity index (χ2v) is 9.53. The van der Waals surface area contributed by atoms with Gasteiger partial charge in [-0.05, 0) is 12.1 Å². The lowest BCUT2D eigenvalue weighted by atomic mass is 10.3. The summed E-state index contributed by atoms with van der Waals surface area (Å²) in [6.07, 6.45) is 0. The zero-order chi connectivity index (χ0) is 17.9. The Balaban J connectivity index is 2.10. The molecule has 0 spiro atoms. The minimum atomic E-state index is -3.22. The molecule has 0 aliphatic carbocycles. The Morgan fingerprint density at radius 1 is 0.760 bits per heavy atom. The molecule has 25 heavy (non-hydrogen) atoms. The molecule has 0 bridgehead atoms. The first-order valence-corrected chi connectivity index (χ1v) is 10.4. The summed E-state index contributed by atoms with van der Waals surface area (Å²) < 4.78 is 14.2. The Bertz CT molecular complexity index is 884. The molecule has 0 fully saturated rings. The molecule has 0 heterocycles. The summed E-state index contributed by atoms with van der Waals surface area (Å²) in [6, 6.07) is 23.5. The third-order valence-electron chi connectivity index (χ3n) is 3.72. The van der Waals surface area contributed by atoms with E-state index in [0.717, 1.165) is 0 Å². The van der Waals surface area contributed by atoms with Crippen LogP contribution in [0, 0.1) is 0 Å². The average Bonchev–Trinajstić information content (AvgIpc) is 2.65. The van der Waals surface area contributed by atoms with Crippen molar-refractivity contribution in [3.8, 4) is 0 Å². The highest BCUT2D eigenvalue weighted by atomic mass is 35.5. The predicted octanol–water partition coefficient (Wildman–Crippen LogP) is 5.70. The van der Waals surface area contributed by atoms with Gasteiger partial charge in [0.1, 0.15) is 4.73 Å². The summed E-state index contributed by atoms with van der Waals surface area (Å²) in [6.45, 7) is 0. The first kappa shape index (κ1) is 18.2. The topological polar surface area (TPSA) is 29.1 Å². The van der Waals surface area contributed by atoms with Crippen LogP contribution in [0.2, 0.25) is 10.0 Å². The summed E-state index contributed by atoms with van der Waals surface area (Å²) in [4.78, 5) is 0. The SMILES string of the molecule is O=P(C(=S)Nc1c(Cl)cccc1Cl)(c1ccccc1)c1ccccc1. The minimum absolute atomic E-state index is 0.194. The van der Waals surface area contributed by atoms with Crippen molar-refractivity contribution in [1.82, 2.24) is 0 Å². The number of nitrogens with one attached hydrogen (secondary N) is 1. The fraction of sp³-hybridized carbons (Fsp3) is 0. The Morgan fingerprint density at radius 2 is 1.20 bits per heavy atom. The van der Waals surface area contributed by atoms with E-state index in [1.54, 1.807) is 18.2 Å². The molecule has 2 nitrogen and oxygen atoms in total. The monoisotopic (exact) mass is 405 g/mol. The van der Waals surface area contributed by atoms with E-state index >= 15 is 0 Å². The van der Waals surface area contributed by atoms with Crippen LogP contribution in [0.15, 0.2) is 78.9 Å². The third kappa shape index (κ3) is 3.65. The standard InChI is InChI=1S/C19H14Cl2NOPS/c20-16-12-7-13-17(21)18(16)22-19(25)24(23,14-8-3-1-4-9-14)15-10-5-2-6-11-15/h1-13H,(H,22,25). The Morgan fingerprint density at radius 3 is 1.64 bits per heavy atom. The lowest BCUT2D eigenvalue weighted by Crippen LogP contribution is -2.26. The molecule has 3 rings (SSSR count). The highest BCUT2D eigenvalue weighted by Crippen LogP contribution is 2.46. The molecule has 0 aromatic heterocycles. The van der Waals surface area contributed by atoms with Gasteiger partial charge in [-0.1, -0.05) is 102 Å². The molecule has 0 radical (unpaired) electrons. The van der Waals surface area contributed by atoms with Gasteiger partial charge < -0.3 is 9.88 Å². The average molecular weight is 406 g/mol. The molecule has 0 atom stereocenters. The fourth-order valence-electron chi connectivity index (χ4n) is 2.46. The molecular weight excluding hydrogens is 392 g/mol. The second-order valence-electron chi connectivity index (χ2n) is 5.31. The predicted molar refractivity (Wildman–Crippen MR) is 112 cm³/mol. The Labute approximate surface area is 162 Å². The van der Waals surface area contributed by atoms with E-state index < -0.39 is 7.14 Å². The van der Waals surface area contributed by atoms with Gasteiger partial charge in [0, 0.05) is 10.6 Å². The first-order chi connectivity index (χ1) is 12.0. The summed E-state index contributed by atoms with van der Waals surface area (Å²) in [7, 11) is -3.22. The van der Waals surface area contributed by atoms with Crippen LogP contribution in [-0.2, 0) is 4.57 Å². The van der Waals surface area contributed by atoms with Crippen molar-refractivity contribution >= 4 is 63.6 Å². The van der Waals surface area contributed by atoms with Crippen LogP contribution < -0.4 is 15.9 Å². The maximum atomic E-state index is 14.1. The Hall–Kier alpha value is -1.64. The van der Waals surface area contributed by atoms with Crippen molar-refractivity contribution in [2.75, 3.05) is 5.32 Å². The van der Waals surface area contributed by atoms with Gasteiger partial charge in [0.2, 0.25) is 0 Å². The number of thiocarbonyl (C=S) groups is 1. The molecule has 126 valence electrons. The summed E-state index contributed by atoms with van der Waals surface area (Å²) >= 11 is 18.0. The highest BCUT2D eigenvalue weighted by molar-refractivity contribution is 8.08. The van der Waals surface area contributed by atoms with E-state index in [4.69, 9.17) is 35.4 Å². The van der Waals surface area contributed by atoms with E-state index in [1.807, 2.05) is 60.7 Å². The number of hydrogen-bond acceptors (Lipinski definition) is 2. The zero-order valence-electron chi connectivity index (χ0n) is 13.0. The molecule has 0 unspecified atom stereocenters. The van der Waals surface area contributed by atoms with E-state index in [9.17, 15) is 4.57 Å². The lowest BCUT2D eigenvalue weighted by molar-refractivity contribution is 0.594. The van der Waals surface area contributed by atoms with Gasteiger partial charge in [0.25, 0.3) is 0 Å². The molecular formula is C19H14Cl2NOPS. The molecule has 3 aromatic carbocycles. The van der Waals surface area contributed by atoms with Gasteiger partial charge in [-0.2, -0.15) is 0 Å². The molecule has 0 saturated carbocycles. The largest absolute Gasteiger partial charge is 0.341 e. The number of hydrogen-bond donors (Lipinski definition) is 1. The van der Waals surface area contributed by atoms with E-state index in [1.165, 1.54) is 0 Å². The normalized spacial score (nSPS) is 11.1. The van der Waals surface area contributed by atoms with E-state index in [2.05, 4.69) is 5.32 Å². The number of para-hydroxylation sites is 1. The summed E-state index contributed by atoms with van der Waals surface area (Å²) in [5.41, 5.74) is 0.461. The number of benzene rings is 3. The van der Waals surface area contributed by atoms with Crippen LogP contribution in [0.25, 0.3) is 0 Å². The fourth-order valence-corrected chi connectivity index (χ4v) is 5.91. The van der Waals surface area contributed by atoms with Crippen LogP contribution in [0.5, 0.6) is 0 Å². The molecule has 0 amide bonds. The Kier molecular flexibility index (Phi) is 5.61. The van der Waals surface area contributed by atoms with Crippen molar-refractivity contribution in [1.29, 1.82) is 0 Å². The lowest BCUT2D eigenvalue weighted by Gasteiger charge is -2.22. The third-order valence-corrected chi connectivity index (χ3v) is 7.96. The van der Waals surface area contributed by atoms with Crippen molar-refractivity contribution < 1.29 is 4.57 Å². The maximum Gasteiger partial charge on any atom is 0.197 e. The number of halogens is 2. The first-order valence-electron chi connectivity index (χ1n) is 7.50. The zero-order valence-corrected chi connectivity index (χ0v) is 16.2. The molecule has 0 aliphatic heterocycles. The van der Waals surface area contributed by atoms with Gasteiger partial charge in [-0.25, -0.2) is 0 Å². The molecule has 0 aliphatic rings. The quantitative estimate of drug-likeness (QED) is 0.445. The summed E-state index contributed by atoms with van der Waals surface area (Å²) in [5, 5.41) is 5.17. The van der Waals surface area contributed by atoms with Crippen molar-refractivity contribution in [3.63, 3.8) is 0 Å². The maximum absolute atomic E-state index is 14.1. The minimum Gasteiger partial charge on any atom is -0.341 e. The second kappa shape index (κ2) is 7.72. The van der Waals surface area contributed by atoms with Crippen LogP contribution in [0.4, 0.5) is 5.69 Å². The van der Waals surface area contributed by atoms with Crippen molar-refractivity contribution in [3.05, 3.63) is 88.9 Å². The molecule has 0 saturated heterocycles. The molecule has 3 aromatic rings. The van der Waals surface area contributed by atoms with E-state index in [0.29, 0.717) is 26.3 Å². The van der Waals surface area contributed by atoms with Gasteiger partial charge in [0.15, 0.2) is 7.14 Å². The summed E-state index contributed by atoms with van der Waals surface area (Å²) in [5.74, 6) is 0. The van der Waals surface area contributed by atoms with Gasteiger partial charge in [-0.3, -0.25) is 0 Å². The van der Waals surface area contributed by atoms with Crippen molar-refractivity contribution in [2.45, 2.75) is 0 Å². The highest BCUT2D eigenvalue weighted by Gasteiger charge is 2.33.